The Morgan fingerprint density at radius 1 is 1.10 bits per heavy atom. The van der Waals surface area contributed by atoms with Crippen molar-refractivity contribution in [2.45, 2.75) is 26.4 Å². The first-order chi connectivity index (χ1) is 9.41. The molecule has 2 rings (SSSR count). The topological polar surface area (TPSA) is 0 Å². The Morgan fingerprint density at radius 2 is 1.75 bits per heavy atom. The second-order valence-corrected chi connectivity index (χ2v) is 5.01. The number of allylic oxidation sites excluding steroid dienone is 6. The zero-order valence-electron chi connectivity index (χ0n) is 11.5. The summed E-state index contributed by atoms with van der Waals surface area (Å²) in [6.45, 7) is 4.05. The number of halogens is 3. The highest BCUT2D eigenvalue weighted by Crippen LogP contribution is 2.34. The highest BCUT2D eigenvalue weighted by Gasteiger charge is 2.30. The second kappa shape index (κ2) is 5.70. The van der Waals surface area contributed by atoms with Crippen LogP contribution in [0.4, 0.5) is 13.2 Å². The van der Waals surface area contributed by atoms with E-state index in [0.29, 0.717) is 5.92 Å². The first kappa shape index (κ1) is 14.6. The van der Waals surface area contributed by atoms with Gasteiger partial charge in [-0.2, -0.15) is 13.2 Å². The van der Waals surface area contributed by atoms with Gasteiger partial charge in [-0.3, -0.25) is 0 Å². The van der Waals surface area contributed by atoms with Crippen LogP contribution in [0.15, 0.2) is 54.1 Å². The van der Waals surface area contributed by atoms with Crippen LogP contribution < -0.4 is 0 Å². The van der Waals surface area contributed by atoms with Gasteiger partial charge in [0.1, 0.15) is 0 Å². The molecule has 0 radical (unpaired) electrons. The Morgan fingerprint density at radius 3 is 2.30 bits per heavy atom. The van der Waals surface area contributed by atoms with E-state index in [0.717, 1.165) is 29.7 Å². The predicted molar refractivity (Wildman–Crippen MR) is 76.1 cm³/mol. The average molecular weight is 278 g/mol. The number of rotatable bonds is 2. The minimum Gasteiger partial charge on any atom is -0.166 e. The monoisotopic (exact) mass is 278 g/mol. The smallest absolute Gasteiger partial charge is 0.166 e. The molecule has 0 saturated carbocycles. The van der Waals surface area contributed by atoms with Crippen molar-refractivity contribution in [3.8, 4) is 0 Å². The van der Waals surface area contributed by atoms with E-state index in [1.54, 1.807) is 12.1 Å². The molecule has 1 aliphatic carbocycles. The Kier molecular flexibility index (Phi) is 4.17. The van der Waals surface area contributed by atoms with Crippen LogP contribution in [0.3, 0.4) is 0 Å². The van der Waals surface area contributed by atoms with Crippen molar-refractivity contribution in [1.82, 2.24) is 0 Å². The lowest BCUT2D eigenvalue weighted by atomic mass is 9.85. The van der Waals surface area contributed by atoms with Crippen molar-refractivity contribution < 1.29 is 13.2 Å². The molecule has 0 saturated heterocycles. The molecule has 0 fully saturated rings. The number of hydrogen-bond acceptors (Lipinski definition) is 0. The minimum atomic E-state index is -4.27. The van der Waals surface area contributed by atoms with E-state index in [1.807, 2.05) is 25.2 Å². The molecule has 1 aromatic carbocycles. The van der Waals surface area contributed by atoms with Gasteiger partial charge in [0, 0.05) is 5.92 Å². The van der Waals surface area contributed by atoms with E-state index >= 15 is 0 Å². The van der Waals surface area contributed by atoms with E-state index in [2.05, 4.69) is 13.0 Å². The van der Waals surface area contributed by atoms with Crippen LogP contribution in [0.5, 0.6) is 0 Å². The lowest BCUT2D eigenvalue weighted by molar-refractivity contribution is -0.137. The average Bonchev–Trinajstić information content (AvgIpc) is 2.41. The minimum absolute atomic E-state index is 0.335. The van der Waals surface area contributed by atoms with E-state index in [1.165, 1.54) is 5.57 Å². The maximum atomic E-state index is 12.5. The summed E-state index contributed by atoms with van der Waals surface area (Å²) in [5, 5.41) is 0. The third kappa shape index (κ3) is 3.21. The fourth-order valence-corrected chi connectivity index (χ4v) is 2.36. The Hall–Kier alpha value is -1.77. The number of hydrogen-bond donors (Lipinski definition) is 0. The summed E-state index contributed by atoms with van der Waals surface area (Å²) in [5.41, 5.74) is 2.61. The maximum absolute atomic E-state index is 12.5. The number of alkyl halides is 3. The van der Waals surface area contributed by atoms with Gasteiger partial charge in [0.25, 0.3) is 0 Å². The van der Waals surface area contributed by atoms with E-state index in [9.17, 15) is 13.2 Å². The Labute approximate surface area is 117 Å². The molecular weight excluding hydrogens is 261 g/mol. The van der Waals surface area contributed by atoms with Crippen LogP contribution in [0.25, 0.3) is 5.57 Å². The van der Waals surface area contributed by atoms with Crippen LogP contribution in [0.2, 0.25) is 0 Å². The van der Waals surface area contributed by atoms with Crippen LogP contribution in [-0.4, -0.2) is 0 Å². The summed E-state index contributed by atoms with van der Waals surface area (Å²) in [6.07, 6.45) is 4.74. The predicted octanol–water partition coefficient (Wildman–Crippen LogP) is 5.63. The zero-order chi connectivity index (χ0) is 14.8. The molecule has 0 spiro atoms. The summed E-state index contributed by atoms with van der Waals surface area (Å²) in [6, 6.07) is 5.39. The lowest BCUT2D eigenvalue weighted by Gasteiger charge is -2.20. The molecule has 0 nitrogen and oxygen atoms in total. The highest BCUT2D eigenvalue weighted by molar-refractivity contribution is 5.69. The van der Waals surface area contributed by atoms with Crippen LogP contribution in [0.1, 0.15) is 31.4 Å². The fraction of sp³-hybridized carbons (Fsp3) is 0.294. The molecule has 0 amide bonds. The molecule has 0 aliphatic heterocycles. The first-order valence-electron chi connectivity index (χ1n) is 6.59. The normalized spacial score (nSPS) is 19.9. The van der Waals surface area contributed by atoms with Gasteiger partial charge in [0.2, 0.25) is 0 Å². The Balaban J connectivity index is 2.25. The van der Waals surface area contributed by atoms with Gasteiger partial charge < -0.3 is 0 Å². The van der Waals surface area contributed by atoms with E-state index in [-0.39, 0.29) is 0 Å². The maximum Gasteiger partial charge on any atom is 0.416 e. The first-order valence-corrected chi connectivity index (χ1v) is 6.59. The zero-order valence-corrected chi connectivity index (χ0v) is 11.5. The van der Waals surface area contributed by atoms with Crippen LogP contribution >= 0.6 is 0 Å². The van der Waals surface area contributed by atoms with Gasteiger partial charge >= 0.3 is 6.18 Å². The molecular formula is C17H17F3. The molecule has 0 N–H and O–H groups in total. The standard InChI is InChI=1S/C17H17F3/c1-3-4-14-11-15(6-5-12(14)2)13-7-9-16(10-8-13)17(18,19)20/h3-10,14H,11H2,1-2H3/b4-3-. The van der Waals surface area contributed by atoms with Gasteiger partial charge in [-0.25, -0.2) is 0 Å². The Bertz CT molecular complexity index is 557. The summed E-state index contributed by atoms with van der Waals surface area (Å²) >= 11 is 0. The molecule has 1 atom stereocenters. The molecule has 1 unspecified atom stereocenters. The van der Waals surface area contributed by atoms with Crippen molar-refractivity contribution >= 4 is 5.57 Å². The molecule has 0 bridgehead atoms. The van der Waals surface area contributed by atoms with E-state index in [4.69, 9.17) is 0 Å². The molecule has 3 heteroatoms. The van der Waals surface area contributed by atoms with Gasteiger partial charge in [-0.1, -0.05) is 42.0 Å². The van der Waals surface area contributed by atoms with Crippen molar-refractivity contribution in [3.05, 3.63) is 65.3 Å². The largest absolute Gasteiger partial charge is 0.416 e. The SMILES string of the molecule is C/C=C\C1CC(c2ccc(C(F)(F)F)cc2)=CC=C1C. The summed E-state index contributed by atoms with van der Waals surface area (Å²) in [4.78, 5) is 0. The molecule has 1 aromatic rings. The third-order valence-corrected chi connectivity index (χ3v) is 3.58. The van der Waals surface area contributed by atoms with Gasteiger partial charge in [0.15, 0.2) is 0 Å². The van der Waals surface area contributed by atoms with Crippen molar-refractivity contribution in [1.29, 1.82) is 0 Å². The lowest BCUT2D eigenvalue weighted by Crippen LogP contribution is -2.06. The van der Waals surface area contributed by atoms with E-state index < -0.39 is 11.7 Å². The second-order valence-electron chi connectivity index (χ2n) is 5.01. The molecule has 0 heterocycles. The molecule has 1 aliphatic rings. The molecule has 106 valence electrons. The quantitative estimate of drug-likeness (QED) is 0.615. The highest BCUT2D eigenvalue weighted by atomic mass is 19.4. The summed E-state index contributed by atoms with van der Waals surface area (Å²) in [5.74, 6) is 0.335. The summed E-state index contributed by atoms with van der Waals surface area (Å²) < 4.78 is 37.6. The van der Waals surface area contributed by atoms with Crippen LogP contribution in [-0.2, 0) is 6.18 Å². The van der Waals surface area contributed by atoms with Gasteiger partial charge in [-0.05, 0) is 43.5 Å². The van der Waals surface area contributed by atoms with Crippen LogP contribution in [0, 0.1) is 5.92 Å². The summed E-state index contributed by atoms with van der Waals surface area (Å²) in [7, 11) is 0. The fourth-order valence-electron chi connectivity index (χ4n) is 2.36. The molecule has 0 aromatic heterocycles. The van der Waals surface area contributed by atoms with Gasteiger partial charge in [-0.15, -0.1) is 0 Å². The van der Waals surface area contributed by atoms with Gasteiger partial charge in [0.05, 0.1) is 5.56 Å². The van der Waals surface area contributed by atoms with Crippen molar-refractivity contribution in [2.75, 3.05) is 0 Å². The molecule has 20 heavy (non-hydrogen) atoms. The van der Waals surface area contributed by atoms with Crippen molar-refractivity contribution in [2.24, 2.45) is 5.92 Å². The third-order valence-electron chi connectivity index (χ3n) is 3.58. The number of benzene rings is 1. The van der Waals surface area contributed by atoms with Crippen molar-refractivity contribution in [3.63, 3.8) is 0 Å².